The quantitative estimate of drug-likeness (QED) is 0.389. The number of benzene rings is 3. The Balaban J connectivity index is 1.76. The highest BCUT2D eigenvalue weighted by atomic mass is 35.5. The summed E-state index contributed by atoms with van der Waals surface area (Å²) in [7, 11) is 0. The van der Waals surface area contributed by atoms with Crippen LogP contribution < -0.4 is 5.32 Å². The molecule has 0 spiro atoms. The lowest BCUT2D eigenvalue weighted by atomic mass is 9.86. The molecule has 0 unspecified atom stereocenters. The molecule has 156 valence electrons. The van der Waals surface area contributed by atoms with Crippen LogP contribution >= 0.6 is 11.6 Å². The summed E-state index contributed by atoms with van der Waals surface area (Å²) in [5, 5.41) is 9.69. The summed E-state index contributed by atoms with van der Waals surface area (Å²) in [6.07, 6.45) is 3.33. The maximum atomic E-state index is 6.48. The molecule has 0 fully saturated rings. The average molecular weight is 428 g/mol. The van der Waals surface area contributed by atoms with Crippen molar-refractivity contribution >= 4 is 17.4 Å². The zero-order chi connectivity index (χ0) is 21.2. The topological polar surface area (TPSA) is 29.9 Å². The van der Waals surface area contributed by atoms with Crippen molar-refractivity contribution in [3.8, 4) is 5.69 Å². The lowest BCUT2D eigenvalue weighted by Gasteiger charge is -2.18. The predicted octanol–water partition coefficient (Wildman–Crippen LogP) is 6.76. The normalized spacial score (nSPS) is 13.5. The Kier molecular flexibility index (Phi) is 5.52. The number of hydrogen-bond acceptors (Lipinski definition) is 2. The SMILES string of the molecule is Cc1c(Cl)cccc1-n1nc(C(c2ccccc2)c2ccccc2)c2c1NCCCC2. The van der Waals surface area contributed by atoms with E-state index in [1.165, 1.54) is 16.7 Å². The monoisotopic (exact) mass is 427 g/mol. The van der Waals surface area contributed by atoms with Crippen LogP contribution in [0.3, 0.4) is 0 Å². The van der Waals surface area contributed by atoms with Gasteiger partial charge < -0.3 is 5.32 Å². The number of hydrogen-bond donors (Lipinski definition) is 1. The van der Waals surface area contributed by atoms with Gasteiger partial charge in [-0.1, -0.05) is 78.3 Å². The van der Waals surface area contributed by atoms with E-state index >= 15 is 0 Å². The molecule has 2 heterocycles. The van der Waals surface area contributed by atoms with Gasteiger partial charge in [-0.05, 0) is 55.0 Å². The second-order valence-corrected chi connectivity index (χ2v) is 8.55. The summed E-state index contributed by atoms with van der Waals surface area (Å²) in [6, 6.07) is 27.5. The molecule has 0 saturated heterocycles. The van der Waals surface area contributed by atoms with Gasteiger partial charge in [-0.15, -0.1) is 0 Å². The third kappa shape index (κ3) is 3.75. The molecule has 1 aliphatic heterocycles. The fourth-order valence-corrected chi connectivity index (χ4v) is 4.73. The molecule has 1 aliphatic rings. The predicted molar refractivity (Wildman–Crippen MR) is 129 cm³/mol. The van der Waals surface area contributed by atoms with Crippen LogP contribution in [-0.4, -0.2) is 16.3 Å². The van der Waals surface area contributed by atoms with E-state index in [1.807, 2.05) is 12.1 Å². The van der Waals surface area contributed by atoms with E-state index in [1.54, 1.807) is 0 Å². The molecule has 0 saturated carbocycles. The van der Waals surface area contributed by atoms with E-state index < -0.39 is 0 Å². The highest BCUT2D eigenvalue weighted by Crippen LogP contribution is 2.39. The number of aromatic nitrogens is 2. The fourth-order valence-electron chi connectivity index (χ4n) is 4.56. The second-order valence-electron chi connectivity index (χ2n) is 8.15. The van der Waals surface area contributed by atoms with Crippen LogP contribution in [0.4, 0.5) is 5.82 Å². The van der Waals surface area contributed by atoms with E-state index in [0.717, 1.165) is 53.6 Å². The Bertz CT molecular complexity index is 1140. The van der Waals surface area contributed by atoms with Gasteiger partial charge in [0.1, 0.15) is 5.82 Å². The summed E-state index contributed by atoms with van der Waals surface area (Å²) in [4.78, 5) is 0. The molecule has 4 heteroatoms. The van der Waals surface area contributed by atoms with Crippen molar-refractivity contribution < 1.29 is 0 Å². The number of rotatable bonds is 4. The third-order valence-corrected chi connectivity index (χ3v) is 6.58. The van der Waals surface area contributed by atoms with Crippen molar-refractivity contribution in [1.82, 2.24) is 9.78 Å². The van der Waals surface area contributed by atoms with Gasteiger partial charge in [0.05, 0.1) is 17.3 Å². The molecular weight excluding hydrogens is 402 g/mol. The van der Waals surface area contributed by atoms with Gasteiger partial charge in [0.2, 0.25) is 0 Å². The summed E-state index contributed by atoms with van der Waals surface area (Å²) in [5.41, 5.74) is 7.03. The molecule has 4 aromatic rings. The van der Waals surface area contributed by atoms with Crippen LogP contribution in [0, 0.1) is 6.92 Å². The Morgan fingerprint density at radius 1 is 0.871 bits per heavy atom. The first kappa shape index (κ1) is 19.9. The van der Waals surface area contributed by atoms with Gasteiger partial charge in [0.15, 0.2) is 0 Å². The summed E-state index contributed by atoms with van der Waals surface area (Å²) < 4.78 is 2.08. The summed E-state index contributed by atoms with van der Waals surface area (Å²) in [5.74, 6) is 1.19. The van der Waals surface area contributed by atoms with Gasteiger partial charge in [-0.3, -0.25) is 0 Å². The lowest BCUT2D eigenvalue weighted by molar-refractivity contribution is 0.754. The van der Waals surface area contributed by atoms with Crippen molar-refractivity contribution in [1.29, 1.82) is 0 Å². The number of fused-ring (bicyclic) bond motifs is 1. The zero-order valence-corrected chi connectivity index (χ0v) is 18.4. The van der Waals surface area contributed by atoms with Crippen LogP contribution in [0.25, 0.3) is 5.69 Å². The van der Waals surface area contributed by atoms with E-state index in [4.69, 9.17) is 16.7 Å². The standard InChI is InChI=1S/C27H26ClN3/c1-19-23(28)16-10-17-24(19)31-27-22(15-8-9-18-29-27)26(30-31)25(20-11-4-2-5-12-20)21-13-6-3-7-14-21/h2-7,10-14,16-17,25,29H,8-9,15,18H2,1H3. The molecule has 3 nitrogen and oxygen atoms in total. The van der Waals surface area contributed by atoms with Crippen molar-refractivity contribution in [2.75, 3.05) is 11.9 Å². The first-order valence-corrected chi connectivity index (χ1v) is 11.3. The minimum atomic E-state index is 0.0804. The first-order chi connectivity index (χ1) is 15.2. The van der Waals surface area contributed by atoms with Gasteiger partial charge in [-0.25, -0.2) is 4.68 Å². The Hall–Kier alpha value is -3.04. The number of anilines is 1. The number of halogens is 1. The second kappa shape index (κ2) is 8.60. The maximum Gasteiger partial charge on any atom is 0.133 e. The fraction of sp³-hybridized carbons (Fsp3) is 0.222. The minimum absolute atomic E-state index is 0.0804. The molecule has 0 atom stereocenters. The largest absolute Gasteiger partial charge is 0.370 e. The van der Waals surface area contributed by atoms with Crippen LogP contribution in [0.15, 0.2) is 78.9 Å². The van der Waals surface area contributed by atoms with Gasteiger partial charge in [-0.2, -0.15) is 5.10 Å². The third-order valence-electron chi connectivity index (χ3n) is 6.17. The van der Waals surface area contributed by atoms with Crippen molar-refractivity contribution in [2.24, 2.45) is 0 Å². The molecule has 5 rings (SSSR count). The molecule has 3 aromatic carbocycles. The van der Waals surface area contributed by atoms with Crippen LogP contribution in [-0.2, 0) is 6.42 Å². The maximum absolute atomic E-state index is 6.48. The van der Waals surface area contributed by atoms with Crippen molar-refractivity contribution in [2.45, 2.75) is 32.1 Å². The highest BCUT2D eigenvalue weighted by Gasteiger charge is 2.28. The van der Waals surface area contributed by atoms with Crippen molar-refractivity contribution in [3.63, 3.8) is 0 Å². The molecule has 0 bridgehead atoms. The Morgan fingerprint density at radius 3 is 2.23 bits per heavy atom. The molecule has 1 aromatic heterocycles. The highest BCUT2D eigenvalue weighted by molar-refractivity contribution is 6.31. The van der Waals surface area contributed by atoms with E-state index in [2.05, 4.69) is 83.7 Å². The van der Waals surface area contributed by atoms with Crippen LogP contribution in [0.1, 0.15) is 46.7 Å². The van der Waals surface area contributed by atoms with Crippen molar-refractivity contribution in [3.05, 3.63) is 112 Å². The van der Waals surface area contributed by atoms with Gasteiger partial charge >= 0.3 is 0 Å². The zero-order valence-electron chi connectivity index (χ0n) is 17.7. The van der Waals surface area contributed by atoms with E-state index in [-0.39, 0.29) is 5.92 Å². The number of nitrogens with zero attached hydrogens (tertiary/aromatic N) is 2. The molecule has 1 N–H and O–H groups in total. The van der Waals surface area contributed by atoms with Crippen LogP contribution in [0.2, 0.25) is 5.02 Å². The van der Waals surface area contributed by atoms with Crippen LogP contribution in [0.5, 0.6) is 0 Å². The lowest BCUT2D eigenvalue weighted by Crippen LogP contribution is -2.09. The molecule has 0 aliphatic carbocycles. The van der Waals surface area contributed by atoms with E-state index in [9.17, 15) is 0 Å². The summed E-state index contributed by atoms with van der Waals surface area (Å²) >= 11 is 6.48. The average Bonchev–Trinajstić information content (AvgIpc) is 2.98. The number of nitrogens with one attached hydrogen (secondary N) is 1. The molecule has 0 radical (unpaired) electrons. The Labute approximate surface area is 188 Å². The first-order valence-electron chi connectivity index (χ1n) is 10.9. The van der Waals surface area contributed by atoms with Gasteiger partial charge in [0.25, 0.3) is 0 Å². The minimum Gasteiger partial charge on any atom is -0.370 e. The molecule has 0 amide bonds. The molecular formula is C27H26ClN3. The summed E-state index contributed by atoms with van der Waals surface area (Å²) in [6.45, 7) is 3.02. The Morgan fingerprint density at radius 2 is 1.55 bits per heavy atom. The molecule has 31 heavy (non-hydrogen) atoms. The van der Waals surface area contributed by atoms with Gasteiger partial charge in [0, 0.05) is 17.1 Å². The smallest absolute Gasteiger partial charge is 0.133 e. The van der Waals surface area contributed by atoms with E-state index in [0.29, 0.717) is 0 Å².